The third-order valence-corrected chi connectivity index (χ3v) is 6.33. The molecule has 1 aromatic carbocycles. The summed E-state index contributed by atoms with van der Waals surface area (Å²) < 4.78 is 11.0. The Morgan fingerprint density at radius 1 is 1.17 bits per heavy atom. The molecule has 2 aromatic heterocycles. The topological polar surface area (TPSA) is 81.4 Å². The quantitative estimate of drug-likeness (QED) is 0.619. The van der Waals surface area contributed by atoms with Gasteiger partial charge in [0.1, 0.15) is 5.75 Å². The van der Waals surface area contributed by atoms with E-state index < -0.39 is 0 Å². The molecule has 5 rings (SSSR count). The van der Waals surface area contributed by atoms with Crippen LogP contribution >= 0.6 is 11.6 Å². The lowest BCUT2D eigenvalue weighted by Gasteiger charge is -2.38. The number of benzene rings is 1. The average molecular weight is 425 g/mol. The maximum Gasteiger partial charge on any atom is 0.258 e. The number of aromatic nitrogens is 3. The number of pyridine rings is 1. The van der Waals surface area contributed by atoms with Gasteiger partial charge in [0.2, 0.25) is 11.7 Å². The van der Waals surface area contributed by atoms with E-state index in [0.29, 0.717) is 28.1 Å². The van der Waals surface area contributed by atoms with E-state index in [1.807, 2.05) is 17.0 Å². The van der Waals surface area contributed by atoms with Gasteiger partial charge in [-0.05, 0) is 56.0 Å². The first-order valence-electron chi connectivity index (χ1n) is 10.0. The molecule has 2 fully saturated rings. The van der Waals surface area contributed by atoms with Gasteiger partial charge in [0.25, 0.3) is 5.91 Å². The average Bonchev–Trinajstić information content (AvgIpc) is 3.37. The number of piperidine rings is 1. The second kappa shape index (κ2) is 7.72. The minimum atomic E-state index is -0.00234. The van der Waals surface area contributed by atoms with Crippen molar-refractivity contribution < 1.29 is 14.1 Å². The first-order valence-corrected chi connectivity index (χ1v) is 10.4. The van der Waals surface area contributed by atoms with E-state index in [2.05, 4.69) is 15.1 Å². The van der Waals surface area contributed by atoms with Crippen LogP contribution in [-0.4, -0.2) is 45.1 Å². The summed E-state index contributed by atoms with van der Waals surface area (Å²) in [7, 11) is 1.55. The van der Waals surface area contributed by atoms with E-state index in [-0.39, 0.29) is 23.9 Å². The normalized spacial score (nSPS) is 22.9. The smallest absolute Gasteiger partial charge is 0.258 e. The molecule has 3 atom stereocenters. The Hall–Kier alpha value is -2.93. The Kier molecular flexibility index (Phi) is 4.90. The molecule has 8 heteroatoms. The summed E-state index contributed by atoms with van der Waals surface area (Å²) in [4.78, 5) is 24.0. The van der Waals surface area contributed by atoms with Crippen LogP contribution in [0.2, 0.25) is 5.02 Å². The lowest BCUT2D eigenvalue weighted by atomic mass is 9.90. The first kappa shape index (κ1) is 19.1. The molecule has 0 N–H and O–H groups in total. The fourth-order valence-corrected chi connectivity index (χ4v) is 4.87. The van der Waals surface area contributed by atoms with Gasteiger partial charge in [0.15, 0.2) is 0 Å². The Labute approximate surface area is 179 Å². The molecule has 3 aromatic rings. The molecule has 1 unspecified atom stereocenters. The first-order chi connectivity index (χ1) is 14.6. The van der Waals surface area contributed by atoms with Crippen molar-refractivity contribution in [1.29, 1.82) is 0 Å². The number of carbonyl (C=O) groups excluding carboxylic acids is 1. The Balaban J connectivity index is 1.36. The van der Waals surface area contributed by atoms with Crippen LogP contribution in [0.3, 0.4) is 0 Å². The van der Waals surface area contributed by atoms with Crippen LogP contribution in [0.4, 0.5) is 0 Å². The van der Waals surface area contributed by atoms with Gasteiger partial charge in [-0.15, -0.1) is 0 Å². The van der Waals surface area contributed by atoms with Crippen molar-refractivity contribution in [3.63, 3.8) is 0 Å². The van der Waals surface area contributed by atoms with E-state index in [4.69, 9.17) is 20.9 Å². The lowest BCUT2D eigenvalue weighted by Crippen LogP contribution is -2.46. The number of ether oxygens (including phenoxy) is 1. The molecule has 30 heavy (non-hydrogen) atoms. The fourth-order valence-electron chi connectivity index (χ4n) is 4.71. The summed E-state index contributed by atoms with van der Waals surface area (Å²) >= 11 is 6.06. The zero-order valence-corrected chi connectivity index (χ0v) is 17.2. The number of carbonyl (C=O) groups is 1. The zero-order chi connectivity index (χ0) is 20.7. The molecule has 2 bridgehead atoms. The predicted molar refractivity (Wildman–Crippen MR) is 110 cm³/mol. The third-order valence-electron chi connectivity index (χ3n) is 6.09. The summed E-state index contributed by atoms with van der Waals surface area (Å²) in [5.41, 5.74) is 1.43. The van der Waals surface area contributed by atoms with Crippen molar-refractivity contribution in [2.24, 2.45) is 0 Å². The molecule has 7 nitrogen and oxygen atoms in total. The van der Waals surface area contributed by atoms with Gasteiger partial charge in [-0.2, -0.15) is 4.98 Å². The van der Waals surface area contributed by atoms with Gasteiger partial charge >= 0.3 is 0 Å². The van der Waals surface area contributed by atoms with Crippen LogP contribution in [-0.2, 0) is 0 Å². The van der Waals surface area contributed by atoms with Crippen LogP contribution in [0.25, 0.3) is 11.4 Å². The highest BCUT2D eigenvalue weighted by Crippen LogP contribution is 2.44. The SMILES string of the molecule is COc1cc(Cl)ccc1C(=O)N1[C@@H]2CC[C@H]1CC(c1nc(-c3ccncc3)no1)C2. The summed E-state index contributed by atoms with van der Waals surface area (Å²) in [5.74, 6) is 1.88. The maximum atomic E-state index is 13.3. The molecule has 0 radical (unpaired) electrons. The summed E-state index contributed by atoms with van der Waals surface area (Å²) in [6, 6.07) is 9.18. The number of halogens is 1. The van der Waals surface area contributed by atoms with Crippen molar-refractivity contribution in [3.05, 3.63) is 59.2 Å². The molecule has 4 heterocycles. The van der Waals surface area contributed by atoms with Gasteiger partial charge in [0.05, 0.1) is 12.7 Å². The van der Waals surface area contributed by atoms with Gasteiger partial charge in [0, 0.05) is 41.0 Å². The molecule has 0 saturated carbocycles. The molecular weight excluding hydrogens is 404 g/mol. The largest absolute Gasteiger partial charge is 0.496 e. The number of amides is 1. The maximum absolute atomic E-state index is 13.3. The van der Waals surface area contributed by atoms with Crippen molar-refractivity contribution in [3.8, 4) is 17.1 Å². The minimum Gasteiger partial charge on any atom is -0.496 e. The number of fused-ring (bicyclic) bond motifs is 2. The fraction of sp³-hybridized carbons (Fsp3) is 0.364. The molecule has 2 aliphatic rings. The van der Waals surface area contributed by atoms with Crippen LogP contribution in [0, 0.1) is 0 Å². The van der Waals surface area contributed by atoms with Gasteiger partial charge in [-0.25, -0.2) is 0 Å². The van der Waals surface area contributed by atoms with Crippen molar-refractivity contribution in [2.75, 3.05) is 7.11 Å². The third kappa shape index (κ3) is 3.33. The highest BCUT2D eigenvalue weighted by Gasteiger charge is 2.45. The number of hydrogen-bond donors (Lipinski definition) is 0. The molecular formula is C22H21ClN4O3. The molecule has 2 aliphatic heterocycles. The molecule has 1 amide bonds. The van der Waals surface area contributed by atoms with Crippen molar-refractivity contribution in [2.45, 2.75) is 43.7 Å². The highest BCUT2D eigenvalue weighted by atomic mass is 35.5. The molecule has 0 spiro atoms. The highest BCUT2D eigenvalue weighted by molar-refractivity contribution is 6.30. The van der Waals surface area contributed by atoms with Crippen LogP contribution < -0.4 is 4.74 Å². The second-order valence-electron chi connectivity index (χ2n) is 7.80. The van der Waals surface area contributed by atoms with E-state index in [9.17, 15) is 4.79 Å². The summed E-state index contributed by atoms with van der Waals surface area (Å²) in [5, 5.41) is 4.69. The van der Waals surface area contributed by atoms with Gasteiger partial charge in [-0.3, -0.25) is 9.78 Å². The zero-order valence-electron chi connectivity index (χ0n) is 16.5. The molecule has 2 saturated heterocycles. The minimum absolute atomic E-state index is 0.00234. The van der Waals surface area contributed by atoms with Gasteiger partial charge in [-0.1, -0.05) is 16.8 Å². The van der Waals surface area contributed by atoms with Crippen molar-refractivity contribution >= 4 is 17.5 Å². The second-order valence-corrected chi connectivity index (χ2v) is 8.24. The standard InChI is InChI=1S/C22H21ClN4O3/c1-29-19-12-15(23)2-5-18(19)22(28)27-16-3-4-17(27)11-14(10-16)21-25-20(26-30-21)13-6-8-24-9-7-13/h2,5-9,12,14,16-17H,3-4,10-11H2,1H3/t14?,16-,17+. The number of hydrogen-bond acceptors (Lipinski definition) is 6. The molecule has 154 valence electrons. The summed E-state index contributed by atoms with van der Waals surface area (Å²) in [6.07, 6.45) is 7.01. The van der Waals surface area contributed by atoms with E-state index in [1.54, 1.807) is 37.7 Å². The number of nitrogens with zero attached hydrogens (tertiary/aromatic N) is 4. The van der Waals surface area contributed by atoms with E-state index in [1.165, 1.54) is 0 Å². The van der Waals surface area contributed by atoms with E-state index in [0.717, 1.165) is 31.2 Å². The summed E-state index contributed by atoms with van der Waals surface area (Å²) in [6.45, 7) is 0. The van der Waals surface area contributed by atoms with E-state index >= 15 is 0 Å². The number of methoxy groups -OCH3 is 1. The molecule has 0 aliphatic carbocycles. The predicted octanol–water partition coefficient (Wildman–Crippen LogP) is 4.34. The Morgan fingerprint density at radius 2 is 1.90 bits per heavy atom. The van der Waals surface area contributed by atoms with Crippen LogP contribution in [0.15, 0.2) is 47.2 Å². The Morgan fingerprint density at radius 3 is 2.60 bits per heavy atom. The Bertz CT molecular complexity index is 1060. The van der Waals surface area contributed by atoms with Crippen molar-refractivity contribution in [1.82, 2.24) is 20.0 Å². The lowest BCUT2D eigenvalue weighted by molar-refractivity contribution is 0.0551. The number of rotatable bonds is 4. The van der Waals surface area contributed by atoms with Crippen LogP contribution in [0.1, 0.15) is 47.8 Å². The monoisotopic (exact) mass is 424 g/mol. The van der Waals surface area contributed by atoms with Gasteiger partial charge < -0.3 is 14.2 Å². The van der Waals surface area contributed by atoms with Crippen LogP contribution in [0.5, 0.6) is 5.75 Å².